The third kappa shape index (κ3) is 3.37. The largest absolute Gasteiger partial charge is 0.292 e. The molecule has 0 bridgehead atoms. The van der Waals surface area contributed by atoms with E-state index in [0.29, 0.717) is 22.9 Å². The van der Waals surface area contributed by atoms with Crippen molar-refractivity contribution in [2.75, 3.05) is 11.4 Å². The van der Waals surface area contributed by atoms with Crippen LogP contribution < -0.4 is 4.90 Å². The highest BCUT2D eigenvalue weighted by Crippen LogP contribution is 2.28. The molecule has 0 fully saturated rings. The van der Waals surface area contributed by atoms with E-state index in [1.165, 1.54) is 11.3 Å². The van der Waals surface area contributed by atoms with Gasteiger partial charge in [-0.1, -0.05) is 6.07 Å². The first-order chi connectivity index (χ1) is 11.6. The minimum atomic E-state index is -0.0931. The number of anilines is 1. The molecular formula is C17H15BrN4OS. The lowest BCUT2D eigenvalue weighted by molar-refractivity contribution is 0.0990. The maximum Gasteiger partial charge on any atom is 0.271 e. The predicted molar refractivity (Wildman–Crippen MR) is 99.4 cm³/mol. The Morgan fingerprint density at radius 2 is 2.08 bits per heavy atom. The lowest BCUT2D eigenvalue weighted by Gasteiger charge is -2.19. The third-order valence-corrected chi connectivity index (χ3v) is 5.06. The van der Waals surface area contributed by atoms with E-state index < -0.39 is 0 Å². The molecule has 0 N–H and O–H groups in total. The summed E-state index contributed by atoms with van der Waals surface area (Å²) in [4.78, 5) is 28.3. The van der Waals surface area contributed by atoms with Crippen LogP contribution in [0, 0.1) is 6.92 Å². The van der Waals surface area contributed by atoms with Crippen molar-refractivity contribution in [3.63, 3.8) is 0 Å². The van der Waals surface area contributed by atoms with Gasteiger partial charge in [-0.25, -0.2) is 9.97 Å². The van der Waals surface area contributed by atoms with Gasteiger partial charge in [-0.2, -0.15) is 0 Å². The monoisotopic (exact) mass is 402 g/mol. The maximum absolute atomic E-state index is 13.0. The number of rotatable bonds is 4. The number of pyridine rings is 2. The normalized spacial score (nSPS) is 10.6. The summed E-state index contributed by atoms with van der Waals surface area (Å²) < 4.78 is 0.876. The zero-order valence-electron chi connectivity index (χ0n) is 13.2. The Bertz CT molecular complexity index is 849. The highest BCUT2D eigenvalue weighted by atomic mass is 79.9. The van der Waals surface area contributed by atoms with E-state index in [2.05, 4.69) is 30.9 Å². The number of aromatic nitrogens is 3. The molecule has 3 rings (SSSR count). The van der Waals surface area contributed by atoms with Crippen molar-refractivity contribution in [1.29, 1.82) is 0 Å². The molecule has 0 saturated carbocycles. The van der Waals surface area contributed by atoms with Crippen LogP contribution in [0.4, 0.5) is 5.82 Å². The van der Waals surface area contributed by atoms with Crippen LogP contribution in [-0.2, 0) is 0 Å². The topological polar surface area (TPSA) is 59.0 Å². The molecule has 0 aromatic carbocycles. The standard InChI is InChI=1S/C17H15BrN4OS/c1-3-22(14-8-7-12(18)10-20-14)17(23)15-11(2)21-16(24-15)13-6-4-5-9-19-13/h4-10H,3H2,1-2H3. The number of hydrogen-bond donors (Lipinski definition) is 0. The number of carbonyl (C=O) groups excluding carboxylic acids is 1. The van der Waals surface area contributed by atoms with Crippen LogP contribution in [0.5, 0.6) is 0 Å². The zero-order chi connectivity index (χ0) is 17.1. The molecule has 7 heteroatoms. The van der Waals surface area contributed by atoms with E-state index in [-0.39, 0.29) is 5.91 Å². The summed E-state index contributed by atoms with van der Waals surface area (Å²) in [5.74, 6) is 0.530. The number of nitrogens with zero attached hydrogens (tertiary/aromatic N) is 4. The van der Waals surface area contributed by atoms with Gasteiger partial charge in [0.15, 0.2) is 0 Å². The van der Waals surface area contributed by atoms with Crippen molar-refractivity contribution in [2.45, 2.75) is 13.8 Å². The summed E-state index contributed by atoms with van der Waals surface area (Å²) in [5.41, 5.74) is 1.48. The van der Waals surface area contributed by atoms with Crippen molar-refractivity contribution in [2.24, 2.45) is 0 Å². The number of aryl methyl sites for hydroxylation is 1. The molecule has 0 aliphatic rings. The fourth-order valence-corrected chi connectivity index (χ4v) is 3.48. The van der Waals surface area contributed by atoms with Gasteiger partial charge in [0.2, 0.25) is 0 Å². The molecule has 1 amide bonds. The van der Waals surface area contributed by atoms with Gasteiger partial charge in [-0.3, -0.25) is 14.7 Å². The van der Waals surface area contributed by atoms with Gasteiger partial charge < -0.3 is 0 Å². The minimum absolute atomic E-state index is 0.0931. The smallest absolute Gasteiger partial charge is 0.271 e. The summed E-state index contributed by atoms with van der Waals surface area (Å²) in [6.45, 7) is 4.31. The first-order valence-corrected chi connectivity index (χ1v) is 9.03. The molecule has 0 unspecified atom stereocenters. The van der Waals surface area contributed by atoms with Crippen molar-refractivity contribution < 1.29 is 4.79 Å². The molecular weight excluding hydrogens is 388 g/mol. The Kier molecular flexibility index (Phi) is 5.01. The fourth-order valence-electron chi connectivity index (χ4n) is 2.25. The van der Waals surface area contributed by atoms with Crippen LogP contribution in [0.25, 0.3) is 10.7 Å². The summed E-state index contributed by atoms with van der Waals surface area (Å²) in [5, 5.41) is 0.747. The molecule has 122 valence electrons. The summed E-state index contributed by atoms with van der Waals surface area (Å²) in [7, 11) is 0. The van der Waals surface area contributed by atoms with Gasteiger partial charge in [0.1, 0.15) is 15.7 Å². The Labute approximate surface area is 152 Å². The molecule has 0 atom stereocenters. The zero-order valence-corrected chi connectivity index (χ0v) is 15.6. The van der Waals surface area contributed by atoms with Crippen molar-refractivity contribution in [3.05, 3.63) is 57.8 Å². The van der Waals surface area contributed by atoms with Crippen LogP contribution in [0.1, 0.15) is 22.3 Å². The van der Waals surface area contributed by atoms with Gasteiger partial charge in [-0.15, -0.1) is 11.3 Å². The first-order valence-electron chi connectivity index (χ1n) is 7.42. The average Bonchev–Trinajstić information content (AvgIpc) is 3.00. The third-order valence-electron chi connectivity index (χ3n) is 3.42. The lowest BCUT2D eigenvalue weighted by Crippen LogP contribution is -2.31. The molecule has 0 aliphatic carbocycles. The van der Waals surface area contributed by atoms with Crippen molar-refractivity contribution >= 4 is 39.0 Å². The van der Waals surface area contributed by atoms with Gasteiger partial charge in [-0.05, 0) is 54.0 Å². The fraction of sp³-hybridized carbons (Fsp3) is 0.176. The summed E-state index contributed by atoms with van der Waals surface area (Å²) in [6, 6.07) is 9.34. The van der Waals surface area contributed by atoms with E-state index in [1.54, 1.807) is 17.3 Å². The second-order valence-electron chi connectivity index (χ2n) is 5.03. The second-order valence-corrected chi connectivity index (χ2v) is 6.95. The van der Waals surface area contributed by atoms with E-state index >= 15 is 0 Å². The van der Waals surface area contributed by atoms with Gasteiger partial charge in [0.25, 0.3) is 5.91 Å². The van der Waals surface area contributed by atoms with Gasteiger partial charge >= 0.3 is 0 Å². The number of carbonyl (C=O) groups is 1. The molecule has 0 radical (unpaired) electrons. The molecule has 3 heterocycles. The van der Waals surface area contributed by atoms with Crippen LogP contribution in [0.3, 0.4) is 0 Å². The van der Waals surface area contributed by atoms with Crippen LogP contribution >= 0.6 is 27.3 Å². The van der Waals surface area contributed by atoms with E-state index in [4.69, 9.17) is 0 Å². The number of halogens is 1. The summed E-state index contributed by atoms with van der Waals surface area (Å²) in [6.07, 6.45) is 3.40. The molecule has 0 aliphatic heterocycles. The second kappa shape index (κ2) is 7.19. The molecule has 0 spiro atoms. The maximum atomic E-state index is 13.0. The van der Waals surface area contributed by atoms with E-state index in [1.807, 2.05) is 44.2 Å². The van der Waals surface area contributed by atoms with Gasteiger partial charge in [0, 0.05) is 23.4 Å². The number of hydrogen-bond acceptors (Lipinski definition) is 5. The Morgan fingerprint density at radius 3 is 2.71 bits per heavy atom. The van der Waals surface area contributed by atoms with Crippen molar-refractivity contribution in [3.8, 4) is 10.7 Å². The predicted octanol–water partition coefficient (Wildman–Crippen LogP) is 4.34. The molecule has 3 aromatic rings. The number of amides is 1. The highest BCUT2D eigenvalue weighted by molar-refractivity contribution is 9.10. The Hall–Kier alpha value is -2.12. The van der Waals surface area contributed by atoms with Crippen LogP contribution in [-0.4, -0.2) is 27.4 Å². The number of thiazole rings is 1. The first kappa shape index (κ1) is 16.7. The molecule has 0 saturated heterocycles. The molecule has 5 nitrogen and oxygen atoms in total. The van der Waals surface area contributed by atoms with E-state index in [0.717, 1.165) is 15.2 Å². The summed E-state index contributed by atoms with van der Waals surface area (Å²) >= 11 is 4.72. The van der Waals surface area contributed by atoms with Crippen molar-refractivity contribution in [1.82, 2.24) is 15.0 Å². The van der Waals surface area contributed by atoms with E-state index in [9.17, 15) is 4.79 Å². The SMILES string of the molecule is CCN(C(=O)c1sc(-c2ccccn2)nc1C)c1ccc(Br)cn1. The quantitative estimate of drug-likeness (QED) is 0.651. The minimum Gasteiger partial charge on any atom is -0.292 e. The molecule has 3 aromatic heterocycles. The van der Waals surface area contributed by atoms with Crippen LogP contribution in [0.2, 0.25) is 0 Å². The highest BCUT2D eigenvalue weighted by Gasteiger charge is 2.23. The lowest BCUT2D eigenvalue weighted by atomic mass is 10.3. The average molecular weight is 403 g/mol. The molecule has 24 heavy (non-hydrogen) atoms. The Balaban J connectivity index is 1.94. The van der Waals surface area contributed by atoms with Crippen LogP contribution in [0.15, 0.2) is 47.2 Å². The Morgan fingerprint density at radius 1 is 1.25 bits per heavy atom. The van der Waals surface area contributed by atoms with Gasteiger partial charge in [0.05, 0.1) is 11.4 Å².